The lowest BCUT2D eigenvalue weighted by atomic mass is 10.2. The zero-order chi connectivity index (χ0) is 12.7. The molecule has 17 heavy (non-hydrogen) atoms. The Kier molecular flexibility index (Phi) is 6.78. The second-order valence-corrected chi connectivity index (χ2v) is 5.88. The van der Waals surface area contributed by atoms with Gasteiger partial charge in [-0.25, -0.2) is 0 Å². The second-order valence-electron chi connectivity index (χ2n) is 4.97. The lowest BCUT2D eigenvalue weighted by Crippen LogP contribution is -2.30. The van der Waals surface area contributed by atoms with Gasteiger partial charge in [-0.1, -0.05) is 41.9 Å². The van der Waals surface area contributed by atoms with Gasteiger partial charge in [-0.2, -0.15) is 0 Å². The van der Waals surface area contributed by atoms with Crippen molar-refractivity contribution in [1.29, 1.82) is 0 Å². The van der Waals surface area contributed by atoms with Crippen LogP contribution in [0.25, 0.3) is 0 Å². The first-order valence-electron chi connectivity index (χ1n) is 6.21. The molecule has 0 amide bonds. The van der Waals surface area contributed by atoms with Crippen molar-refractivity contribution in [3.63, 3.8) is 0 Å². The van der Waals surface area contributed by atoms with Gasteiger partial charge in [0, 0.05) is 24.1 Å². The molecule has 2 nitrogen and oxygen atoms in total. The molecule has 0 aromatic heterocycles. The van der Waals surface area contributed by atoms with E-state index in [1.807, 2.05) is 0 Å². The van der Waals surface area contributed by atoms with Crippen LogP contribution in [0.4, 0.5) is 0 Å². The lowest BCUT2D eigenvalue weighted by Gasteiger charge is -2.17. The number of likely N-dealkylation sites (N-methyl/N-ethyl adjacent to an activating group) is 1. The maximum Gasteiger partial charge on any atom is 0.0231 e. The Morgan fingerprint density at radius 2 is 2.12 bits per heavy atom. The third-order valence-corrected chi connectivity index (χ3v) is 3.06. The zero-order valence-electron chi connectivity index (χ0n) is 11.0. The SMILES string of the molecule is CC(C)CNCCN(C)Cc1cccc(Br)c1. The highest BCUT2D eigenvalue weighted by molar-refractivity contribution is 9.10. The molecule has 0 bridgehead atoms. The van der Waals surface area contributed by atoms with Crippen LogP contribution in [-0.2, 0) is 6.54 Å². The smallest absolute Gasteiger partial charge is 0.0231 e. The van der Waals surface area contributed by atoms with Crippen LogP contribution in [0.3, 0.4) is 0 Å². The van der Waals surface area contributed by atoms with Crippen LogP contribution in [0, 0.1) is 5.92 Å². The van der Waals surface area contributed by atoms with E-state index in [0.29, 0.717) is 0 Å². The summed E-state index contributed by atoms with van der Waals surface area (Å²) >= 11 is 3.50. The van der Waals surface area contributed by atoms with E-state index in [0.717, 1.165) is 36.6 Å². The maximum absolute atomic E-state index is 3.50. The number of halogens is 1. The van der Waals surface area contributed by atoms with Gasteiger partial charge in [0.2, 0.25) is 0 Å². The minimum Gasteiger partial charge on any atom is -0.315 e. The van der Waals surface area contributed by atoms with E-state index < -0.39 is 0 Å². The van der Waals surface area contributed by atoms with Crippen molar-refractivity contribution in [3.8, 4) is 0 Å². The Hall–Kier alpha value is -0.380. The predicted octanol–water partition coefficient (Wildman–Crippen LogP) is 3.13. The fourth-order valence-corrected chi connectivity index (χ4v) is 2.13. The van der Waals surface area contributed by atoms with Crippen molar-refractivity contribution in [2.75, 3.05) is 26.7 Å². The first kappa shape index (κ1) is 14.7. The van der Waals surface area contributed by atoms with Gasteiger partial charge < -0.3 is 10.2 Å². The fourth-order valence-electron chi connectivity index (χ4n) is 1.69. The molecule has 1 aromatic carbocycles. The molecule has 0 heterocycles. The van der Waals surface area contributed by atoms with Crippen LogP contribution >= 0.6 is 15.9 Å². The van der Waals surface area contributed by atoms with Crippen molar-refractivity contribution in [1.82, 2.24) is 10.2 Å². The van der Waals surface area contributed by atoms with Crippen molar-refractivity contribution in [3.05, 3.63) is 34.3 Å². The number of benzene rings is 1. The highest BCUT2D eigenvalue weighted by Gasteiger charge is 2.01. The molecule has 0 fully saturated rings. The summed E-state index contributed by atoms with van der Waals surface area (Å²) in [6.07, 6.45) is 0. The van der Waals surface area contributed by atoms with Crippen molar-refractivity contribution in [2.45, 2.75) is 20.4 Å². The highest BCUT2D eigenvalue weighted by atomic mass is 79.9. The van der Waals surface area contributed by atoms with Crippen molar-refractivity contribution >= 4 is 15.9 Å². The summed E-state index contributed by atoms with van der Waals surface area (Å²) in [4.78, 5) is 2.34. The summed E-state index contributed by atoms with van der Waals surface area (Å²) in [5, 5.41) is 3.46. The van der Waals surface area contributed by atoms with Gasteiger partial charge in [-0.3, -0.25) is 0 Å². The number of rotatable bonds is 7. The van der Waals surface area contributed by atoms with Gasteiger partial charge in [0.25, 0.3) is 0 Å². The van der Waals surface area contributed by atoms with E-state index in [-0.39, 0.29) is 0 Å². The molecule has 1 N–H and O–H groups in total. The van der Waals surface area contributed by atoms with Gasteiger partial charge in [0.15, 0.2) is 0 Å². The summed E-state index contributed by atoms with van der Waals surface area (Å²) in [5.74, 6) is 0.727. The average Bonchev–Trinajstić information content (AvgIpc) is 2.24. The number of nitrogens with one attached hydrogen (secondary N) is 1. The second kappa shape index (κ2) is 7.85. The monoisotopic (exact) mass is 298 g/mol. The molecule has 1 rings (SSSR count). The summed E-state index contributed by atoms with van der Waals surface area (Å²) < 4.78 is 1.15. The zero-order valence-corrected chi connectivity index (χ0v) is 12.6. The Morgan fingerprint density at radius 3 is 2.76 bits per heavy atom. The van der Waals surface area contributed by atoms with E-state index >= 15 is 0 Å². The molecule has 96 valence electrons. The van der Waals surface area contributed by atoms with Crippen LogP contribution in [0.5, 0.6) is 0 Å². The van der Waals surface area contributed by atoms with Gasteiger partial charge in [0.1, 0.15) is 0 Å². The van der Waals surface area contributed by atoms with Crippen molar-refractivity contribution in [2.24, 2.45) is 5.92 Å². The van der Waals surface area contributed by atoms with Gasteiger partial charge >= 0.3 is 0 Å². The molecule has 0 atom stereocenters. The van der Waals surface area contributed by atoms with Crippen LogP contribution in [0.1, 0.15) is 19.4 Å². The van der Waals surface area contributed by atoms with Crippen LogP contribution < -0.4 is 5.32 Å². The van der Waals surface area contributed by atoms with E-state index in [4.69, 9.17) is 0 Å². The summed E-state index contributed by atoms with van der Waals surface area (Å²) in [6, 6.07) is 8.50. The van der Waals surface area contributed by atoms with Gasteiger partial charge in [-0.05, 0) is 37.2 Å². The summed E-state index contributed by atoms with van der Waals surface area (Å²) in [6.45, 7) is 8.71. The fraction of sp³-hybridized carbons (Fsp3) is 0.571. The minimum absolute atomic E-state index is 0.727. The topological polar surface area (TPSA) is 15.3 Å². The Bertz CT molecular complexity index is 326. The lowest BCUT2D eigenvalue weighted by molar-refractivity contribution is 0.321. The van der Waals surface area contributed by atoms with Crippen molar-refractivity contribution < 1.29 is 0 Å². The number of hydrogen-bond acceptors (Lipinski definition) is 2. The number of hydrogen-bond donors (Lipinski definition) is 1. The molecular formula is C14H23BrN2. The molecule has 0 saturated heterocycles. The summed E-state index contributed by atoms with van der Waals surface area (Å²) in [5.41, 5.74) is 1.35. The molecule has 0 aliphatic heterocycles. The van der Waals surface area contributed by atoms with E-state index in [9.17, 15) is 0 Å². The molecule has 0 unspecified atom stereocenters. The first-order chi connectivity index (χ1) is 8.08. The predicted molar refractivity (Wildman–Crippen MR) is 78.2 cm³/mol. The van der Waals surface area contributed by atoms with Crippen LogP contribution in [0.2, 0.25) is 0 Å². The summed E-state index contributed by atoms with van der Waals surface area (Å²) in [7, 11) is 2.16. The first-order valence-corrected chi connectivity index (χ1v) is 7.01. The van der Waals surface area contributed by atoms with Crippen LogP contribution in [-0.4, -0.2) is 31.6 Å². The molecule has 0 spiro atoms. The minimum atomic E-state index is 0.727. The molecule has 1 aromatic rings. The van der Waals surface area contributed by atoms with Gasteiger partial charge in [0.05, 0.1) is 0 Å². The number of nitrogens with zero attached hydrogens (tertiary/aromatic N) is 1. The third-order valence-electron chi connectivity index (χ3n) is 2.56. The van der Waals surface area contributed by atoms with E-state index in [1.54, 1.807) is 0 Å². The molecule has 0 radical (unpaired) electrons. The highest BCUT2D eigenvalue weighted by Crippen LogP contribution is 2.12. The quantitative estimate of drug-likeness (QED) is 0.778. The van der Waals surface area contributed by atoms with E-state index in [2.05, 4.69) is 71.3 Å². The molecule has 3 heteroatoms. The molecular weight excluding hydrogens is 276 g/mol. The Morgan fingerprint density at radius 1 is 1.35 bits per heavy atom. The van der Waals surface area contributed by atoms with Crippen LogP contribution in [0.15, 0.2) is 28.7 Å². The average molecular weight is 299 g/mol. The standard InChI is InChI=1S/C14H23BrN2/c1-12(2)10-16-7-8-17(3)11-13-5-4-6-14(15)9-13/h4-6,9,12,16H,7-8,10-11H2,1-3H3. The Balaban J connectivity index is 2.23. The van der Waals surface area contributed by atoms with E-state index in [1.165, 1.54) is 5.56 Å². The maximum atomic E-state index is 3.50. The molecule has 0 aliphatic carbocycles. The largest absolute Gasteiger partial charge is 0.315 e. The van der Waals surface area contributed by atoms with Gasteiger partial charge in [-0.15, -0.1) is 0 Å². The molecule has 0 saturated carbocycles. The third kappa shape index (κ3) is 6.81. The molecule has 0 aliphatic rings. The normalized spacial score (nSPS) is 11.4. The Labute approximate surface area is 114 Å².